The molecular formula is C20H24N2O2. The third-order valence-corrected chi connectivity index (χ3v) is 6.62. The molecule has 3 fully saturated rings. The summed E-state index contributed by atoms with van der Waals surface area (Å²) in [5.41, 5.74) is 3.67. The first-order valence-corrected chi connectivity index (χ1v) is 9.17. The molecule has 4 heterocycles. The van der Waals surface area contributed by atoms with E-state index in [1.807, 2.05) is 6.07 Å². The van der Waals surface area contributed by atoms with E-state index in [9.17, 15) is 4.79 Å². The average Bonchev–Trinajstić information content (AvgIpc) is 2.95. The van der Waals surface area contributed by atoms with Gasteiger partial charge in [-0.3, -0.25) is 4.79 Å². The van der Waals surface area contributed by atoms with E-state index in [1.165, 1.54) is 30.5 Å². The number of hydrogen-bond acceptors (Lipinski definition) is 2. The summed E-state index contributed by atoms with van der Waals surface area (Å²) in [6.45, 7) is 3.25. The van der Waals surface area contributed by atoms with E-state index in [0.29, 0.717) is 36.1 Å². The maximum atomic E-state index is 13.0. The molecule has 24 heavy (non-hydrogen) atoms. The van der Waals surface area contributed by atoms with Crippen molar-refractivity contribution in [2.75, 3.05) is 13.7 Å². The van der Waals surface area contributed by atoms with Crippen molar-refractivity contribution in [1.82, 2.24) is 9.88 Å². The van der Waals surface area contributed by atoms with Crippen LogP contribution in [0.25, 0.3) is 10.9 Å². The summed E-state index contributed by atoms with van der Waals surface area (Å²) in [5, 5.41) is 1.16. The number of rotatable bonds is 2. The molecule has 4 unspecified atom stereocenters. The van der Waals surface area contributed by atoms with Gasteiger partial charge in [0.2, 0.25) is 5.91 Å². The van der Waals surface area contributed by atoms with Crippen molar-refractivity contribution in [1.29, 1.82) is 0 Å². The highest BCUT2D eigenvalue weighted by Gasteiger charge is 2.50. The Labute approximate surface area is 142 Å². The van der Waals surface area contributed by atoms with Crippen LogP contribution in [0.5, 0.6) is 5.75 Å². The monoisotopic (exact) mass is 324 g/mol. The number of aromatic amines is 1. The van der Waals surface area contributed by atoms with Gasteiger partial charge < -0.3 is 14.6 Å². The van der Waals surface area contributed by atoms with Gasteiger partial charge in [-0.15, -0.1) is 0 Å². The summed E-state index contributed by atoms with van der Waals surface area (Å²) in [6.07, 6.45) is 4.22. The second-order valence-corrected chi connectivity index (χ2v) is 7.75. The van der Waals surface area contributed by atoms with Gasteiger partial charge in [0, 0.05) is 35.1 Å². The highest BCUT2D eigenvalue weighted by molar-refractivity contribution is 5.92. The van der Waals surface area contributed by atoms with E-state index in [0.717, 1.165) is 23.2 Å². The third-order valence-electron chi connectivity index (χ3n) is 6.62. The fourth-order valence-electron chi connectivity index (χ4n) is 5.61. The summed E-state index contributed by atoms with van der Waals surface area (Å²) < 4.78 is 5.40. The van der Waals surface area contributed by atoms with E-state index in [1.54, 1.807) is 7.11 Å². The first-order chi connectivity index (χ1) is 11.7. The molecule has 1 aromatic heterocycles. The average molecular weight is 324 g/mol. The molecule has 6 rings (SSSR count). The summed E-state index contributed by atoms with van der Waals surface area (Å²) in [7, 11) is 1.70. The predicted octanol–water partition coefficient (Wildman–Crippen LogP) is 3.46. The van der Waals surface area contributed by atoms with Crippen LogP contribution in [0.2, 0.25) is 0 Å². The normalized spacial score (nSPS) is 31.2. The lowest BCUT2D eigenvalue weighted by Crippen LogP contribution is -2.57. The Morgan fingerprint density at radius 1 is 1.33 bits per heavy atom. The lowest BCUT2D eigenvalue weighted by Gasteiger charge is -2.53. The maximum absolute atomic E-state index is 13.0. The highest BCUT2D eigenvalue weighted by atomic mass is 16.5. The predicted molar refractivity (Wildman–Crippen MR) is 93.3 cm³/mol. The number of benzene rings is 1. The lowest BCUT2D eigenvalue weighted by atomic mass is 9.65. The molecule has 4 atom stereocenters. The van der Waals surface area contributed by atoms with E-state index in [2.05, 4.69) is 28.9 Å². The van der Waals surface area contributed by atoms with E-state index in [4.69, 9.17) is 4.74 Å². The van der Waals surface area contributed by atoms with E-state index < -0.39 is 0 Å². The quantitative estimate of drug-likeness (QED) is 0.919. The number of ether oxygens (including phenoxy) is 1. The number of carbonyl (C=O) groups excluding carboxylic acids is 1. The zero-order valence-corrected chi connectivity index (χ0v) is 14.3. The number of nitrogens with one attached hydrogen (secondary N) is 1. The van der Waals surface area contributed by atoms with Gasteiger partial charge in [-0.25, -0.2) is 0 Å². The van der Waals surface area contributed by atoms with Crippen molar-refractivity contribution >= 4 is 16.8 Å². The Morgan fingerprint density at radius 3 is 3.00 bits per heavy atom. The maximum Gasteiger partial charge on any atom is 0.227 e. The Hall–Kier alpha value is -1.97. The second-order valence-electron chi connectivity index (χ2n) is 7.75. The fourth-order valence-corrected chi connectivity index (χ4v) is 5.61. The van der Waals surface area contributed by atoms with Gasteiger partial charge in [-0.2, -0.15) is 0 Å². The molecule has 0 radical (unpaired) electrons. The van der Waals surface area contributed by atoms with Gasteiger partial charge in [0.1, 0.15) is 5.75 Å². The van der Waals surface area contributed by atoms with Crippen molar-refractivity contribution in [3.8, 4) is 5.75 Å². The van der Waals surface area contributed by atoms with Crippen LogP contribution in [0.1, 0.15) is 43.4 Å². The standard InChI is InChI=1S/C20H24N2O2/c1-3-12-6-11-7-16-19-15(9-18(23)22(10-11)20(12)16)14-8-13(24-2)4-5-17(14)21-19/h4-5,8,11-12,16,20-21H,3,6-7,9-10H2,1-2H3. The van der Waals surface area contributed by atoms with Crippen molar-refractivity contribution in [3.63, 3.8) is 0 Å². The van der Waals surface area contributed by atoms with Crippen LogP contribution in [-0.2, 0) is 11.2 Å². The summed E-state index contributed by atoms with van der Waals surface area (Å²) in [4.78, 5) is 18.9. The zero-order valence-electron chi connectivity index (χ0n) is 14.3. The molecule has 4 aliphatic rings. The van der Waals surface area contributed by atoms with Gasteiger partial charge >= 0.3 is 0 Å². The number of amides is 1. The molecule has 1 N–H and O–H groups in total. The third kappa shape index (κ3) is 1.83. The fraction of sp³-hybridized carbons (Fsp3) is 0.550. The molecule has 1 aromatic carbocycles. The molecule has 4 heteroatoms. The minimum Gasteiger partial charge on any atom is -0.497 e. The van der Waals surface area contributed by atoms with Crippen LogP contribution >= 0.6 is 0 Å². The van der Waals surface area contributed by atoms with Crippen LogP contribution < -0.4 is 4.74 Å². The highest BCUT2D eigenvalue weighted by Crippen LogP contribution is 2.51. The first-order valence-electron chi connectivity index (χ1n) is 9.17. The van der Waals surface area contributed by atoms with Crippen LogP contribution in [-0.4, -0.2) is 35.5 Å². The Kier molecular flexibility index (Phi) is 3.00. The minimum atomic E-state index is 0.315. The number of fused-ring (bicyclic) bond motifs is 4. The SMILES string of the molecule is CCC1CC2CC3c4[nH]c5ccc(OC)cc5c4CC(=O)N(C2)C13. The number of aromatic nitrogens is 1. The molecule has 126 valence electrons. The van der Waals surface area contributed by atoms with Crippen LogP contribution in [0.3, 0.4) is 0 Å². The van der Waals surface area contributed by atoms with Crippen LogP contribution in [0.4, 0.5) is 0 Å². The van der Waals surface area contributed by atoms with E-state index >= 15 is 0 Å². The molecule has 1 saturated carbocycles. The number of hydrogen-bond donors (Lipinski definition) is 1. The number of H-pyrrole nitrogens is 1. The number of nitrogens with zero attached hydrogens (tertiary/aromatic N) is 1. The molecule has 2 aromatic rings. The van der Waals surface area contributed by atoms with Gasteiger partial charge in [0.25, 0.3) is 0 Å². The number of methoxy groups -OCH3 is 1. The van der Waals surface area contributed by atoms with Gasteiger partial charge in [-0.05, 0) is 48.4 Å². The number of piperidine rings is 2. The van der Waals surface area contributed by atoms with Crippen LogP contribution in [0.15, 0.2) is 18.2 Å². The molecule has 1 aliphatic carbocycles. The van der Waals surface area contributed by atoms with Gasteiger partial charge in [0.05, 0.1) is 13.5 Å². The zero-order chi connectivity index (χ0) is 16.4. The Bertz CT molecular complexity index is 824. The summed E-state index contributed by atoms with van der Waals surface area (Å²) >= 11 is 0. The van der Waals surface area contributed by atoms with E-state index in [-0.39, 0.29) is 0 Å². The second kappa shape index (κ2) is 5.01. The molecule has 2 saturated heterocycles. The molecule has 4 bridgehead atoms. The molecule has 3 aliphatic heterocycles. The minimum absolute atomic E-state index is 0.315. The molecule has 1 amide bonds. The molecule has 0 spiro atoms. The smallest absolute Gasteiger partial charge is 0.227 e. The van der Waals surface area contributed by atoms with Crippen molar-refractivity contribution in [3.05, 3.63) is 29.5 Å². The topological polar surface area (TPSA) is 45.3 Å². The lowest BCUT2D eigenvalue weighted by molar-refractivity contribution is -0.141. The van der Waals surface area contributed by atoms with Crippen molar-refractivity contribution in [2.24, 2.45) is 11.8 Å². The Morgan fingerprint density at radius 2 is 2.21 bits per heavy atom. The molecule has 4 nitrogen and oxygen atoms in total. The van der Waals surface area contributed by atoms with Gasteiger partial charge in [0.15, 0.2) is 0 Å². The Balaban J connectivity index is 1.71. The molecular weight excluding hydrogens is 300 g/mol. The van der Waals surface area contributed by atoms with Crippen LogP contribution in [0, 0.1) is 11.8 Å². The summed E-state index contributed by atoms with van der Waals surface area (Å²) in [6, 6.07) is 6.55. The van der Waals surface area contributed by atoms with Gasteiger partial charge in [-0.1, -0.05) is 13.3 Å². The van der Waals surface area contributed by atoms with Crippen molar-refractivity contribution < 1.29 is 9.53 Å². The largest absolute Gasteiger partial charge is 0.497 e. The van der Waals surface area contributed by atoms with Crippen molar-refractivity contribution in [2.45, 2.75) is 44.6 Å². The summed E-state index contributed by atoms with van der Waals surface area (Å²) in [5.74, 6) is 2.97. The first kappa shape index (κ1) is 14.4. The number of carbonyl (C=O) groups is 1.